The van der Waals surface area contributed by atoms with Gasteiger partial charge >= 0.3 is 0 Å². The Morgan fingerprint density at radius 3 is 2.40 bits per heavy atom. The van der Waals surface area contributed by atoms with Gasteiger partial charge in [-0.2, -0.15) is 0 Å². The lowest BCUT2D eigenvalue weighted by Crippen LogP contribution is -2.45. The van der Waals surface area contributed by atoms with Gasteiger partial charge in [-0.05, 0) is 19.1 Å². The zero-order valence-corrected chi connectivity index (χ0v) is 16.8. The molecule has 1 aromatic carbocycles. The minimum Gasteiger partial charge on any atom is -0.299 e. The first-order valence-electron chi connectivity index (χ1n) is 7.54. The summed E-state index contributed by atoms with van der Waals surface area (Å²) in [4.78, 5) is 12.5. The van der Waals surface area contributed by atoms with Crippen LogP contribution in [0.1, 0.15) is 20.8 Å². The molecule has 1 unspecified atom stereocenters. The Morgan fingerprint density at radius 1 is 1.20 bits per heavy atom. The van der Waals surface area contributed by atoms with Crippen molar-refractivity contribution in [2.24, 2.45) is 0 Å². The lowest BCUT2D eigenvalue weighted by atomic mass is 10.2. The maximum absolute atomic E-state index is 12.5. The number of hydrogen-bond donors (Lipinski definition) is 1. The Labute approximate surface area is 155 Å². The third-order valence-corrected chi connectivity index (χ3v) is 6.24. The predicted octanol–water partition coefficient (Wildman–Crippen LogP) is 2.83. The van der Waals surface area contributed by atoms with E-state index in [0.29, 0.717) is 16.1 Å². The quantitative estimate of drug-likeness (QED) is 0.567. The Bertz CT molecular complexity index is 822. The lowest BCUT2D eigenvalue weighted by molar-refractivity contribution is -0.116. The highest BCUT2D eigenvalue weighted by molar-refractivity contribution is 8.01. The van der Waals surface area contributed by atoms with E-state index in [2.05, 4.69) is 15.5 Å². The standard InChI is InChI=1S/C15H20N4O3S3/c1-10(2)23-15-18-17-14(24-15)16-13(20)11(3)19(25(4,21)22)12-8-6-5-7-9-12/h5-11H,1-4H3,(H,16,17,20). The normalized spacial score (nSPS) is 12.8. The maximum Gasteiger partial charge on any atom is 0.249 e. The van der Waals surface area contributed by atoms with Crippen molar-refractivity contribution in [2.45, 2.75) is 36.4 Å². The lowest BCUT2D eigenvalue weighted by Gasteiger charge is -2.27. The third kappa shape index (κ3) is 5.41. The highest BCUT2D eigenvalue weighted by Gasteiger charge is 2.29. The fourth-order valence-electron chi connectivity index (χ4n) is 2.10. The van der Waals surface area contributed by atoms with Crippen molar-refractivity contribution in [2.75, 3.05) is 15.9 Å². The van der Waals surface area contributed by atoms with E-state index in [4.69, 9.17) is 0 Å². The second kappa shape index (κ2) is 8.15. The van der Waals surface area contributed by atoms with Crippen LogP contribution in [0.15, 0.2) is 34.7 Å². The molecule has 0 aliphatic rings. The van der Waals surface area contributed by atoms with Gasteiger partial charge in [-0.3, -0.25) is 14.4 Å². The number of rotatable bonds is 7. The van der Waals surface area contributed by atoms with Crippen LogP contribution >= 0.6 is 23.1 Å². The monoisotopic (exact) mass is 400 g/mol. The van der Waals surface area contributed by atoms with Crippen molar-refractivity contribution in [1.29, 1.82) is 0 Å². The van der Waals surface area contributed by atoms with E-state index >= 15 is 0 Å². The summed E-state index contributed by atoms with van der Waals surface area (Å²) in [5.74, 6) is -0.466. The Hall–Kier alpha value is -1.65. The van der Waals surface area contributed by atoms with Crippen LogP contribution in [0, 0.1) is 0 Å². The van der Waals surface area contributed by atoms with Gasteiger partial charge in [-0.15, -0.1) is 10.2 Å². The molecule has 1 atom stereocenters. The molecule has 10 heteroatoms. The Balaban J connectivity index is 2.17. The summed E-state index contributed by atoms with van der Waals surface area (Å²) in [5, 5.41) is 11.3. The van der Waals surface area contributed by atoms with Crippen LogP contribution in [0.5, 0.6) is 0 Å². The minimum atomic E-state index is -3.63. The first-order valence-corrected chi connectivity index (χ1v) is 11.1. The number of carbonyl (C=O) groups excluding carboxylic acids is 1. The van der Waals surface area contributed by atoms with Crippen molar-refractivity contribution in [3.8, 4) is 0 Å². The van der Waals surface area contributed by atoms with E-state index in [1.165, 1.54) is 18.3 Å². The average Bonchev–Trinajstić information content (AvgIpc) is 2.93. The van der Waals surface area contributed by atoms with Crippen LogP contribution in [-0.4, -0.2) is 42.1 Å². The molecule has 2 aromatic rings. The number of anilines is 2. The van der Waals surface area contributed by atoms with E-state index in [0.717, 1.165) is 14.9 Å². The van der Waals surface area contributed by atoms with Gasteiger partial charge in [0.15, 0.2) is 4.34 Å². The molecule has 0 fully saturated rings. The van der Waals surface area contributed by atoms with Crippen molar-refractivity contribution < 1.29 is 13.2 Å². The van der Waals surface area contributed by atoms with Crippen LogP contribution < -0.4 is 9.62 Å². The SMILES string of the molecule is CC(C)Sc1nnc(NC(=O)C(C)N(c2ccccc2)S(C)(=O)=O)s1. The summed E-state index contributed by atoms with van der Waals surface area (Å²) in [7, 11) is -3.63. The largest absolute Gasteiger partial charge is 0.299 e. The van der Waals surface area contributed by atoms with Crippen LogP contribution in [0.3, 0.4) is 0 Å². The summed E-state index contributed by atoms with van der Waals surface area (Å²) in [5.41, 5.74) is 0.431. The number of para-hydroxylation sites is 1. The predicted molar refractivity (Wildman–Crippen MR) is 103 cm³/mol. The third-order valence-electron chi connectivity index (χ3n) is 3.07. The van der Waals surface area contributed by atoms with Gasteiger partial charge in [-0.25, -0.2) is 8.42 Å². The van der Waals surface area contributed by atoms with Gasteiger partial charge in [0.25, 0.3) is 0 Å². The summed E-state index contributed by atoms with van der Waals surface area (Å²) in [6.07, 6.45) is 1.08. The number of thioether (sulfide) groups is 1. The zero-order chi connectivity index (χ0) is 18.6. The summed E-state index contributed by atoms with van der Waals surface area (Å²) in [6, 6.07) is 7.59. The number of nitrogens with one attached hydrogen (secondary N) is 1. The minimum absolute atomic E-state index is 0.349. The van der Waals surface area contributed by atoms with Crippen LogP contribution in [0.4, 0.5) is 10.8 Å². The van der Waals surface area contributed by atoms with Gasteiger partial charge in [0, 0.05) is 5.25 Å². The molecule has 2 rings (SSSR count). The van der Waals surface area contributed by atoms with Crippen LogP contribution in [-0.2, 0) is 14.8 Å². The van der Waals surface area contributed by atoms with E-state index in [1.54, 1.807) is 42.1 Å². The molecule has 0 saturated heterocycles. The highest BCUT2D eigenvalue weighted by atomic mass is 32.2. The van der Waals surface area contributed by atoms with Crippen molar-refractivity contribution >= 4 is 49.8 Å². The number of sulfonamides is 1. The first kappa shape index (κ1) is 19.7. The number of aromatic nitrogens is 2. The van der Waals surface area contributed by atoms with Crippen molar-refractivity contribution in [1.82, 2.24) is 10.2 Å². The summed E-state index contributed by atoms with van der Waals surface area (Å²) >= 11 is 2.81. The Morgan fingerprint density at radius 2 is 1.84 bits per heavy atom. The summed E-state index contributed by atoms with van der Waals surface area (Å²) < 4.78 is 26.2. The van der Waals surface area contributed by atoms with E-state index in [9.17, 15) is 13.2 Å². The highest BCUT2D eigenvalue weighted by Crippen LogP contribution is 2.29. The number of hydrogen-bond acceptors (Lipinski definition) is 7. The van der Waals surface area contributed by atoms with Gasteiger partial charge in [0.05, 0.1) is 11.9 Å². The molecule has 0 aliphatic carbocycles. The molecule has 0 spiro atoms. The molecule has 1 N–H and O–H groups in total. The number of amides is 1. The zero-order valence-electron chi connectivity index (χ0n) is 14.3. The first-order chi connectivity index (χ1) is 11.7. The molecule has 0 bridgehead atoms. The Kier molecular flexibility index (Phi) is 6.42. The smallest absolute Gasteiger partial charge is 0.249 e. The van der Waals surface area contributed by atoms with Crippen molar-refractivity contribution in [3.63, 3.8) is 0 Å². The van der Waals surface area contributed by atoms with Crippen molar-refractivity contribution in [3.05, 3.63) is 30.3 Å². The van der Waals surface area contributed by atoms with E-state index < -0.39 is 22.0 Å². The molecule has 0 saturated carbocycles. The maximum atomic E-state index is 12.5. The summed E-state index contributed by atoms with van der Waals surface area (Å²) in [6.45, 7) is 5.61. The molecule has 1 amide bonds. The van der Waals surface area contributed by atoms with Gasteiger partial charge < -0.3 is 0 Å². The van der Waals surface area contributed by atoms with Gasteiger partial charge in [0.1, 0.15) is 6.04 Å². The fraction of sp³-hybridized carbons (Fsp3) is 0.400. The van der Waals surface area contributed by atoms with E-state index in [1.807, 2.05) is 13.8 Å². The molecule has 0 radical (unpaired) electrons. The fourth-order valence-corrected chi connectivity index (χ4v) is 5.26. The molecule has 1 aromatic heterocycles. The molecular weight excluding hydrogens is 380 g/mol. The second-order valence-corrected chi connectivity index (χ2v) is 10.3. The number of carbonyl (C=O) groups is 1. The van der Waals surface area contributed by atoms with Gasteiger partial charge in [0.2, 0.25) is 21.1 Å². The second-order valence-electron chi connectivity index (χ2n) is 5.60. The van der Waals surface area contributed by atoms with Crippen LogP contribution in [0.2, 0.25) is 0 Å². The molecule has 7 nitrogen and oxygen atoms in total. The number of benzene rings is 1. The average molecular weight is 401 g/mol. The molecular formula is C15H20N4O3S3. The molecule has 136 valence electrons. The van der Waals surface area contributed by atoms with Crippen LogP contribution in [0.25, 0.3) is 0 Å². The molecule has 1 heterocycles. The van der Waals surface area contributed by atoms with E-state index in [-0.39, 0.29) is 0 Å². The number of nitrogens with zero attached hydrogens (tertiary/aromatic N) is 3. The molecule has 25 heavy (non-hydrogen) atoms. The molecule has 0 aliphatic heterocycles. The van der Waals surface area contributed by atoms with Gasteiger partial charge in [-0.1, -0.05) is 55.1 Å². The topological polar surface area (TPSA) is 92.3 Å².